The van der Waals surface area contributed by atoms with Crippen molar-refractivity contribution in [3.05, 3.63) is 20.0 Å². The summed E-state index contributed by atoms with van der Waals surface area (Å²) in [5, 5.41) is 8.99. The van der Waals surface area contributed by atoms with Crippen molar-refractivity contribution in [1.82, 2.24) is 4.98 Å². The topological polar surface area (TPSA) is 72.6 Å². The van der Waals surface area contributed by atoms with Crippen molar-refractivity contribution in [3.63, 3.8) is 0 Å². The number of thiophene rings is 1. The van der Waals surface area contributed by atoms with Crippen LogP contribution in [0.1, 0.15) is 17.4 Å². The first kappa shape index (κ1) is 13.6. The molecule has 2 aromatic heterocycles. The van der Waals surface area contributed by atoms with Crippen molar-refractivity contribution >= 4 is 49.2 Å². The van der Waals surface area contributed by atoms with E-state index in [0.29, 0.717) is 11.5 Å². The van der Waals surface area contributed by atoms with Crippen LogP contribution >= 0.6 is 43.2 Å². The minimum absolute atomic E-state index is 0.0688. The molecule has 0 fully saturated rings. The number of aromatic nitrogens is 1. The van der Waals surface area contributed by atoms with E-state index in [1.54, 1.807) is 13.0 Å². The molecule has 0 saturated heterocycles. The minimum Gasteiger partial charge on any atom is -0.476 e. The zero-order chi connectivity index (χ0) is 13.3. The molecule has 2 rings (SSSR count). The number of carboxylic acids is 1. The first-order valence-electron chi connectivity index (χ1n) is 4.85. The first-order valence-corrected chi connectivity index (χ1v) is 7.25. The fourth-order valence-electron chi connectivity index (χ4n) is 1.23. The smallest absolute Gasteiger partial charge is 0.362 e. The lowest BCUT2D eigenvalue weighted by Gasteiger charge is -1.96. The fourth-order valence-corrected chi connectivity index (χ4v) is 3.19. The van der Waals surface area contributed by atoms with Crippen LogP contribution in [0.4, 0.5) is 0 Å². The van der Waals surface area contributed by atoms with Crippen molar-refractivity contribution in [2.45, 2.75) is 6.92 Å². The van der Waals surface area contributed by atoms with Gasteiger partial charge in [0.15, 0.2) is 0 Å². The molecule has 0 atom stereocenters. The Morgan fingerprint density at radius 2 is 2.33 bits per heavy atom. The van der Waals surface area contributed by atoms with Crippen molar-refractivity contribution in [2.24, 2.45) is 0 Å². The van der Waals surface area contributed by atoms with Gasteiger partial charge in [-0.3, -0.25) is 0 Å². The summed E-state index contributed by atoms with van der Waals surface area (Å²) in [7, 11) is 0. The summed E-state index contributed by atoms with van der Waals surface area (Å²) in [6.07, 6.45) is 0. The molecule has 0 aliphatic heterocycles. The molecule has 2 aromatic rings. The number of hydrogen-bond donors (Lipinski definition) is 1. The fraction of sp³-hybridized carbons (Fsp3) is 0.200. The summed E-state index contributed by atoms with van der Waals surface area (Å²) in [5.74, 6) is -1.02. The van der Waals surface area contributed by atoms with E-state index in [1.807, 2.05) is 0 Å². The van der Waals surface area contributed by atoms with Gasteiger partial charge >= 0.3 is 11.9 Å². The molecule has 0 aliphatic carbocycles. The highest BCUT2D eigenvalue weighted by atomic mass is 79.9. The molecule has 8 heteroatoms. The van der Waals surface area contributed by atoms with Gasteiger partial charge in [0.25, 0.3) is 0 Å². The molecule has 18 heavy (non-hydrogen) atoms. The summed E-state index contributed by atoms with van der Waals surface area (Å²) in [6.45, 7) is 2.05. The van der Waals surface area contributed by atoms with Crippen LogP contribution in [0.3, 0.4) is 0 Å². The maximum atomic E-state index is 11.0. The van der Waals surface area contributed by atoms with E-state index in [-0.39, 0.29) is 17.5 Å². The van der Waals surface area contributed by atoms with Crippen LogP contribution in [0.25, 0.3) is 10.8 Å². The van der Waals surface area contributed by atoms with Gasteiger partial charge < -0.3 is 14.3 Å². The molecule has 0 bridgehead atoms. The van der Waals surface area contributed by atoms with E-state index in [2.05, 4.69) is 36.8 Å². The minimum atomic E-state index is -1.18. The number of carbonyl (C=O) groups is 1. The Morgan fingerprint density at radius 3 is 2.83 bits per heavy atom. The summed E-state index contributed by atoms with van der Waals surface area (Å²) in [6, 6.07) is 1.79. The molecule has 1 N–H and O–H groups in total. The van der Waals surface area contributed by atoms with Crippen molar-refractivity contribution in [3.8, 4) is 16.7 Å². The van der Waals surface area contributed by atoms with E-state index in [0.717, 1.165) is 8.26 Å². The maximum absolute atomic E-state index is 11.0. The second kappa shape index (κ2) is 5.41. The highest BCUT2D eigenvalue weighted by Crippen LogP contribution is 2.39. The third-order valence-corrected chi connectivity index (χ3v) is 5.17. The predicted octanol–water partition coefficient (Wildman–Crippen LogP) is 4.03. The molecule has 5 nitrogen and oxygen atoms in total. The molecule has 96 valence electrons. The average molecular weight is 397 g/mol. The molecule has 0 amide bonds. The summed E-state index contributed by atoms with van der Waals surface area (Å²) >= 11 is 8.08. The predicted molar refractivity (Wildman–Crippen MR) is 73.3 cm³/mol. The Labute approximate surface area is 123 Å². The summed E-state index contributed by atoms with van der Waals surface area (Å²) in [5.41, 5.74) is -0.215. The van der Waals surface area contributed by atoms with Gasteiger partial charge in [0, 0.05) is 4.47 Å². The van der Waals surface area contributed by atoms with E-state index in [9.17, 15) is 4.79 Å². The molecular weight excluding hydrogens is 390 g/mol. The zero-order valence-corrected chi connectivity index (χ0v) is 13.1. The number of oxazole rings is 1. The molecule has 0 aliphatic rings. The van der Waals surface area contributed by atoms with E-state index in [1.165, 1.54) is 11.3 Å². The zero-order valence-electron chi connectivity index (χ0n) is 9.07. The second-order valence-corrected chi connectivity index (χ2v) is 6.35. The Morgan fingerprint density at radius 1 is 1.61 bits per heavy atom. The molecule has 0 unspecified atom stereocenters. The van der Waals surface area contributed by atoms with Gasteiger partial charge in [-0.25, -0.2) is 4.79 Å². The Balaban J connectivity index is 2.45. The number of carboxylic acid groups (broad SMARTS) is 1. The first-order chi connectivity index (χ1) is 8.52. The van der Waals surface area contributed by atoms with Crippen LogP contribution in [0.15, 0.2) is 18.7 Å². The molecule has 0 saturated carbocycles. The molecular formula is C10H7Br2NO4S. The molecule has 0 spiro atoms. The SMILES string of the molecule is CCOc1oc(-c2cc(Br)c(Br)s2)nc1C(=O)O. The van der Waals surface area contributed by atoms with Gasteiger partial charge in [-0.15, -0.1) is 11.3 Å². The number of rotatable bonds is 4. The number of aromatic carboxylic acids is 1. The van der Waals surface area contributed by atoms with Crippen LogP contribution in [0.5, 0.6) is 5.95 Å². The Bertz CT molecular complexity index is 573. The van der Waals surface area contributed by atoms with Crippen LogP contribution in [0, 0.1) is 0 Å². The van der Waals surface area contributed by atoms with Crippen LogP contribution in [0.2, 0.25) is 0 Å². The third kappa shape index (κ3) is 2.60. The molecule has 0 radical (unpaired) electrons. The van der Waals surface area contributed by atoms with E-state index < -0.39 is 5.97 Å². The quantitative estimate of drug-likeness (QED) is 0.844. The van der Waals surface area contributed by atoms with E-state index >= 15 is 0 Å². The monoisotopic (exact) mass is 395 g/mol. The Hall–Kier alpha value is -0.860. The standard InChI is InChI=1S/C10H7Br2NO4S/c1-2-16-10-6(9(14)15)13-8(17-10)5-3-4(11)7(12)18-5/h3H,2H2,1H3,(H,14,15). The molecule has 0 aromatic carbocycles. The second-order valence-electron chi connectivity index (χ2n) is 3.13. The third-order valence-electron chi connectivity index (χ3n) is 1.93. The highest BCUT2D eigenvalue weighted by molar-refractivity contribution is 9.13. The van der Waals surface area contributed by atoms with Gasteiger partial charge in [0.05, 0.1) is 15.3 Å². The summed E-state index contributed by atoms with van der Waals surface area (Å²) < 4.78 is 12.2. The van der Waals surface area contributed by atoms with Crippen LogP contribution in [-0.4, -0.2) is 22.7 Å². The van der Waals surface area contributed by atoms with Gasteiger partial charge in [-0.2, -0.15) is 4.98 Å². The largest absolute Gasteiger partial charge is 0.476 e. The van der Waals surface area contributed by atoms with Crippen molar-refractivity contribution in [1.29, 1.82) is 0 Å². The van der Waals surface area contributed by atoms with Crippen LogP contribution in [-0.2, 0) is 0 Å². The van der Waals surface area contributed by atoms with Gasteiger partial charge in [0.1, 0.15) is 0 Å². The number of ether oxygens (including phenoxy) is 1. The Kier molecular flexibility index (Phi) is 4.08. The van der Waals surface area contributed by atoms with Crippen LogP contribution < -0.4 is 4.74 Å². The maximum Gasteiger partial charge on any atom is 0.362 e. The normalized spacial score (nSPS) is 10.6. The lowest BCUT2D eigenvalue weighted by atomic mass is 10.4. The highest BCUT2D eigenvalue weighted by Gasteiger charge is 2.23. The average Bonchev–Trinajstić information content (AvgIpc) is 2.85. The van der Waals surface area contributed by atoms with Crippen molar-refractivity contribution < 1.29 is 19.1 Å². The number of nitrogens with zero attached hydrogens (tertiary/aromatic N) is 1. The van der Waals surface area contributed by atoms with Crippen molar-refractivity contribution in [2.75, 3.05) is 6.61 Å². The molecule has 2 heterocycles. The lowest BCUT2D eigenvalue weighted by Crippen LogP contribution is -2.01. The number of hydrogen-bond acceptors (Lipinski definition) is 5. The van der Waals surface area contributed by atoms with Gasteiger partial charge in [-0.05, 0) is 44.8 Å². The summed E-state index contributed by atoms with van der Waals surface area (Å²) in [4.78, 5) is 15.6. The van der Waals surface area contributed by atoms with Gasteiger partial charge in [0.2, 0.25) is 11.6 Å². The number of halogens is 2. The van der Waals surface area contributed by atoms with E-state index in [4.69, 9.17) is 14.3 Å². The lowest BCUT2D eigenvalue weighted by molar-refractivity contribution is 0.0683. The van der Waals surface area contributed by atoms with Gasteiger partial charge in [-0.1, -0.05) is 0 Å².